The predicted molar refractivity (Wildman–Crippen MR) is 110 cm³/mol. The monoisotopic (exact) mass is 426 g/mol. The number of azo groups is 1. The molecule has 7 nitrogen and oxygen atoms in total. The molecule has 2 aliphatic rings. The first-order chi connectivity index (χ1) is 15.1. The lowest BCUT2D eigenvalue weighted by Crippen LogP contribution is -2.28. The third kappa shape index (κ3) is 3.76. The van der Waals surface area contributed by atoms with Crippen LogP contribution < -0.4 is 10.1 Å². The van der Waals surface area contributed by atoms with E-state index in [2.05, 4.69) is 20.5 Å². The molecule has 2 aromatic heterocycles. The number of nitrogens with one attached hydrogen (secondary N) is 1. The summed E-state index contributed by atoms with van der Waals surface area (Å²) >= 11 is 0. The number of hydrogen-bond acceptors (Lipinski definition) is 7. The summed E-state index contributed by atoms with van der Waals surface area (Å²) in [6.07, 6.45) is 5.58. The molecule has 2 N–H and O–H groups in total. The number of pyridine rings is 1. The van der Waals surface area contributed by atoms with Crippen molar-refractivity contribution in [3.63, 3.8) is 0 Å². The molecule has 1 fully saturated rings. The molecule has 0 aliphatic carbocycles. The van der Waals surface area contributed by atoms with Crippen molar-refractivity contribution in [3.05, 3.63) is 47.3 Å². The summed E-state index contributed by atoms with van der Waals surface area (Å²) in [6, 6.07) is 6.59. The highest BCUT2D eigenvalue weighted by Gasteiger charge is 2.25. The second-order valence-electron chi connectivity index (χ2n) is 7.61. The van der Waals surface area contributed by atoms with Gasteiger partial charge in [0.15, 0.2) is 17.3 Å². The Balaban J connectivity index is 1.59. The van der Waals surface area contributed by atoms with Gasteiger partial charge >= 0.3 is 6.61 Å². The quantitative estimate of drug-likeness (QED) is 0.580. The lowest BCUT2D eigenvalue weighted by atomic mass is 9.90. The number of piperidine rings is 1. The summed E-state index contributed by atoms with van der Waals surface area (Å²) in [5.41, 5.74) is 2.11. The van der Waals surface area contributed by atoms with Crippen LogP contribution in [-0.2, 0) is 6.42 Å². The van der Waals surface area contributed by atoms with Gasteiger partial charge in [0.25, 0.3) is 0 Å². The molecular weight excluding hydrogens is 406 g/mol. The number of nitrogens with zero attached hydrogens (tertiary/aromatic N) is 3. The van der Waals surface area contributed by atoms with Crippen LogP contribution in [0.15, 0.2) is 45.1 Å². The summed E-state index contributed by atoms with van der Waals surface area (Å²) in [5, 5.41) is 22.6. The van der Waals surface area contributed by atoms with Crippen molar-refractivity contribution in [2.75, 3.05) is 13.1 Å². The topological polar surface area (TPSA) is 92.2 Å². The lowest BCUT2D eigenvalue weighted by molar-refractivity contribution is -0.0504. The van der Waals surface area contributed by atoms with Crippen LogP contribution in [0.1, 0.15) is 29.7 Å². The number of fused-ring (bicyclic) bond motifs is 2. The Kier molecular flexibility index (Phi) is 5.11. The van der Waals surface area contributed by atoms with Gasteiger partial charge in [0.2, 0.25) is 0 Å². The fourth-order valence-corrected chi connectivity index (χ4v) is 4.14. The molecule has 160 valence electrons. The molecule has 9 heteroatoms. The molecule has 4 heterocycles. The second kappa shape index (κ2) is 8.07. The van der Waals surface area contributed by atoms with E-state index in [1.807, 2.05) is 6.07 Å². The average molecular weight is 426 g/mol. The largest absolute Gasteiger partial charge is 0.504 e. The van der Waals surface area contributed by atoms with Crippen LogP contribution in [0, 0.1) is 5.92 Å². The molecule has 31 heavy (non-hydrogen) atoms. The van der Waals surface area contributed by atoms with Gasteiger partial charge < -0.3 is 19.6 Å². The SMILES string of the molecule is Oc1c(C=C2N=Nc3ncccc32)oc2c(CC3CCNCC3)c(OC(F)F)ccc12. The Hall–Kier alpha value is -3.33. The van der Waals surface area contributed by atoms with Crippen LogP contribution in [0.4, 0.5) is 14.6 Å². The summed E-state index contributed by atoms with van der Waals surface area (Å²) in [6.45, 7) is -1.19. The summed E-state index contributed by atoms with van der Waals surface area (Å²) < 4.78 is 36.8. The van der Waals surface area contributed by atoms with Gasteiger partial charge in [-0.15, -0.1) is 10.2 Å². The molecule has 0 bridgehead atoms. The maximum Gasteiger partial charge on any atom is 0.387 e. The molecule has 5 rings (SSSR count). The maximum atomic E-state index is 13.0. The summed E-state index contributed by atoms with van der Waals surface area (Å²) in [5.74, 6) is 0.974. The molecule has 2 aliphatic heterocycles. The Morgan fingerprint density at radius 1 is 1.23 bits per heavy atom. The zero-order valence-electron chi connectivity index (χ0n) is 16.5. The maximum absolute atomic E-state index is 13.0. The highest BCUT2D eigenvalue weighted by Crippen LogP contribution is 2.42. The number of halogens is 2. The Labute approximate surface area is 176 Å². The van der Waals surface area contributed by atoms with Crippen LogP contribution in [-0.4, -0.2) is 29.8 Å². The van der Waals surface area contributed by atoms with Crippen molar-refractivity contribution in [2.45, 2.75) is 25.9 Å². The Bertz CT molecular complexity index is 1180. The fourth-order valence-electron chi connectivity index (χ4n) is 4.14. The summed E-state index contributed by atoms with van der Waals surface area (Å²) in [4.78, 5) is 4.15. The van der Waals surface area contributed by atoms with E-state index in [0.717, 1.165) is 31.5 Å². The molecule has 0 spiro atoms. The molecule has 0 radical (unpaired) electrons. The molecule has 1 aromatic carbocycles. The Morgan fingerprint density at radius 2 is 2.06 bits per heavy atom. The highest BCUT2D eigenvalue weighted by atomic mass is 19.3. The molecule has 0 saturated carbocycles. The third-order valence-electron chi connectivity index (χ3n) is 5.67. The van der Waals surface area contributed by atoms with Crippen molar-refractivity contribution in [1.82, 2.24) is 10.3 Å². The third-order valence-corrected chi connectivity index (χ3v) is 5.67. The van der Waals surface area contributed by atoms with E-state index in [0.29, 0.717) is 40.4 Å². The predicted octanol–water partition coefficient (Wildman–Crippen LogP) is 5.27. The summed E-state index contributed by atoms with van der Waals surface area (Å²) in [7, 11) is 0. The minimum atomic E-state index is -2.95. The van der Waals surface area contributed by atoms with Crippen LogP contribution >= 0.6 is 0 Å². The van der Waals surface area contributed by atoms with Gasteiger partial charge in [-0.2, -0.15) is 8.78 Å². The normalized spacial score (nSPS) is 17.7. The number of aromatic nitrogens is 1. The first-order valence-electron chi connectivity index (χ1n) is 10.1. The number of alkyl halides is 2. The number of ether oxygens (including phenoxy) is 1. The van der Waals surface area contributed by atoms with Crippen molar-refractivity contribution in [3.8, 4) is 11.5 Å². The number of hydrogen-bond donors (Lipinski definition) is 2. The smallest absolute Gasteiger partial charge is 0.387 e. The van der Waals surface area contributed by atoms with Crippen molar-refractivity contribution in [1.29, 1.82) is 0 Å². The first-order valence-corrected chi connectivity index (χ1v) is 10.1. The van der Waals surface area contributed by atoms with Crippen LogP contribution in [0.5, 0.6) is 11.5 Å². The first kappa shape index (κ1) is 19.6. The van der Waals surface area contributed by atoms with Crippen molar-refractivity contribution in [2.24, 2.45) is 16.1 Å². The second-order valence-corrected chi connectivity index (χ2v) is 7.61. The van der Waals surface area contributed by atoms with Gasteiger partial charge in [0.1, 0.15) is 17.0 Å². The van der Waals surface area contributed by atoms with E-state index in [1.165, 1.54) is 12.1 Å². The van der Waals surface area contributed by atoms with Gasteiger partial charge in [0, 0.05) is 23.4 Å². The number of aromatic hydroxyl groups is 1. The minimum Gasteiger partial charge on any atom is -0.504 e. The van der Waals surface area contributed by atoms with Crippen LogP contribution in [0.3, 0.4) is 0 Å². The standard InChI is InChI=1S/C22H20F2N4O3/c23-22(24)31-17-4-3-14-19(29)18(11-16-13-2-1-7-26-21(13)28-27-16)30-20(14)15(17)10-12-5-8-25-9-6-12/h1-4,7,11-12,22,25,29H,5-6,8-10H2. The zero-order chi connectivity index (χ0) is 21.4. The van der Waals surface area contributed by atoms with E-state index in [-0.39, 0.29) is 17.3 Å². The molecule has 0 unspecified atom stereocenters. The molecule has 0 amide bonds. The van der Waals surface area contributed by atoms with Gasteiger partial charge in [0.05, 0.1) is 5.39 Å². The number of benzene rings is 1. The fraction of sp³-hybridized carbons (Fsp3) is 0.318. The highest BCUT2D eigenvalue weighted by molar-refractivity contribution is 5.95. The lowest BCUT2D eigenvalue weighted by Gasteiger charge is -2.23. The molecule has 0 atom stereocenters. The Morgan fingerprint density at radius 3 is 2.87 bits per heavy atom. The van der Waals surface area contributed by atoms with Crippen LogP contribution in [0.25, 0.3) is 22.7 Å². The zero-order valence-corrected chi connectivity index (χ0v) is 16.5. The number of furan rings is 1. The van der Waals surface area contributed by atoms with E-state index >= 15 is 0 Å². The van der Waals surface area contributed by atoms with E-state index in [9.17, 15) is 13.9 Å². The van der Waals surface area contributed by atoms with Crippen molar-refractivity contribution < 1.29 is 23.0 Å². The van der Waals surface area contributed by atoms with Crippen molar-refractivity contribution >= 4 is 28.6 Å². The number of rotatable bonds is 5. The average Bonchev–Trinajstić information content (AvgIpc) is 3.32. The molecular formula is C22H20F2N4O3. The van der Waals surface area contributed by atoms with E-state index in [1.54, 1.807) is 18.3 Å². The van der Waals surface area contributed by atoms with E-state index < -0.39 is 6.61 Å². The van der Waals surface area contributed by atoms with Gasteiger partial charge in [-0.1, -0.05) is 0 Å². The van der Waals surface area contributed by atoms with Gasteiger partial charge in [-0.3, -0.25) is 0 Å². The minimum absolute atomic E-state index is 0.0732. The molecule has 1 saturated heterocycles. The van der Waals surface area contributed by atoms with Gasteiger partial charge in [-0.25, -0.2) is 4.98 Å². The molecule has 3 aromatic rings. The van der Waals surface area contributed by atoms with Gasteiger partial charge in [-0.05, 0) is 62.5 Å². The van der Waals surface area contributed by atoms with E-state index in [4.69, 9.17) is 9.15 Å². The van der Waals surface area contributed by atoms with Crippen LogP contribution in [0.2, 0.25) is 0 Å².